The van der Waals surface area contributed by atoms with Gasteiger partial charge in [0.05, 0.1) is 19.7 Å². The van der Waals surface area contributed by atoms with Crippen molar-refractivity contribution in [1.29, 1.82) is 0 Å². The molecule has 27 heavy (non-hydrogen) atoms. The summed E-state index contributed by atoms with van der Waals surface area (Å²) in [6.45, 7) is 14.1. The highest BCUT2D eigenvalue weighted by Gasteiger charge is 2.31. The molecule has 0 aliphatic carbocycles. The molecule has 1 aromatic carbocycles. The van der Waals surface area contributed by atoms with Gasteiger partial charge in [-0.05, 0) is 34.0 Å². The van der Waals surface area contributed by atoms with E-state index < -0.39 is 0 Å². The van der Waals surface area contributed by atoms with Crippen LogP contribution in [0.5, 0.6) is 5.75 Å². The van der Waals surface area contributed by atoms with E-state index in [0.717, 1.165) is 49.9 Å². The highest BCUT2D eigenvalue weighted by Crippen LogP contribution is 2.28. The van der Waals surface area contributed by atoms with Gasteiger partial charge in [-0.15, -0.1) is 11.7 Å². The van der Waals surface area contributed by atoms with E-state index in [1.165, 1.54) is 0 Å². The van der Waals surface area contributed by atoms with Crippen LogP contribution in [0, 0.1) is 5.92 Å². The van der Waals surface area contributed by atoms with Crippen LogP contribution in [0.2, 0.25) is 0 Å². The van der Waals surface area contributed by atoms with E-state index in [-0.39, 0.29) is 6.04 Å². The average molecular weight is 371 g/mol. The molecule has 146 valence electrons. The Hall–Kier alpha value is -2.25. The van der Waals surface area contributed by atoms with Crippen molar-refractivity contribution in [3.8, 4) is 5.75 Å². The first-order valence-corrected chi connectivity index (χ1v) is 9.58. The van der Waals surface area contributed by atoms with Crippen LogP contribution in [0.25, 0.3) is 0 Å². The van der Waals surface area contributed by atoms with Crippen molar-refractivity contribution in [3.05, 3.63) is 48.3 Å². The zero-order chi connectivity index (χ0) is 19.2. The minimum absolute atomic E-state index is 0.212. The van der Waals surface area contributed by atoms with E-state index in [1.807, 2.05) is 22.9 Å². The fourth-order valence-electron chi connectivity index (χ4n) is 3.73. The Morgan fingerprint density at radius 2 is 1.85 bits per heavy atom. The van der Waals surface area contributed by atoms with E-state index in [0.29, 0.717) is 12.5 Å². The molecular weight excluding hydrogens is 340 g/mol. The lowest BCUT2D eigenvalue weighted by atomic mass is 10.0. The van der Waals surface area contributed by atoms with Crippen LogP contribution >= 0.6 is 0 Å². The number of hydrogen-bond acceptors (Lipinski definition) is 6. The molecule has 2 heterocycles. The van der Waals surface area contributed by atoms with Crippen molar-refractivity contribution in [2.75, 3.05) is 39.8 Å². The van der Waals surface area contributed by atoms with E-state index in [9.17, 15) is 0 Å². The summed E-state index contributed by atoms with van der Waals surface area (Å²) in [5.41, 5.74) is 1.16. The van der Waals surface area contributed by atoms with Gasteiger partial charge in [0.25, 0.3) is 0 Å². The molecule has 1 aliphatic rings. The lowest BCUT2D eigenvalue weighted by Gasteiger charge is -2.40. The van der Waals surface area contributed by atoms with Crippen LogP contribution < -0.4 is 4.74 Å². The van der Waals surface area contributed by atoms with Gasteiger partial charge in [-0.3, -0.25) is 9.80 Å². The minimum Gasteiger partial charge on any atom is -0.497 e. The Bertz CT molecular complexity index is 718. The van der Waals surface area contributed by atoms with Crippen molar-refractivity contribution in [1.82, 2.24) is 30.0 Å². The Morgan fingerprint density at radius 1 is 1.15 bits per heavy atom. The number of benzene rings is 1. The lowest BCUT2D eigenvalue weighted by molar-refractivity contribution is 0.0750. The van der Waals surface area contributed by atoms with Crippen molar-refractivity contribution >= 4 is 0 Å². The molecular formula is C20H30N6O. The Labute approximate surface area is 161 Å². The van der Waals surface area contributed by atoms with Crippen LogP contribution in [-0.2, 0) is 6.54 Å². The zero-order valence-electron chi connectivity index (χ0n) is 16.6. The van der Waals surface area contributed by atoms with Gasteiger partial charge in [0.2, 0.25) is 0 Å². The van der Waals surface area contributed by atoms with Gasteiger partial charge in [-0.1, -0.05) is 32.1 Å². The number of tetrazole rings is 1. The van der Waals surface area contributed by atoms with E-state index in [4.69, 9.17) is 4.74 Å². The summed E-state index contributed by atoms with van der Waals surface area (Å²) in [7, 11) is 1.68. The molecule has 7 heteroatoms. The Morgan fingerprint density at radius 3 is 2.44 bits per heavy atom. The molecule has 0 N–H and O–H groups in total. The molecule has 0 radical (unpaired) electrons. The second-order valence-electron chi connectivity index (χ2n) is 7.36. The normalized spacial score (nSPS) is 17.2. The number of methoxy groups -OCH3 is 1. The molecule has 0 saturated carbocycles. The van der Waals surface area contributed by atoms with Crippen molar-refractivity contribution in [2.24, 2.45) is 5.92 Å². The van der Waals surface area contributed by atoms with Crippen LogP contribution in [-0.4, -0.2) is 69.8 Å². The zero-order valence-corrected chi connectivity index (χ0v) is 16.6. The molecule has 1 atom stereocenters. The van der Waals surface area contributed by atoms with Gasteiger partial charge in [-0.25, -0.2) is 4.68 Å². The van der Waals surface area contributed by atoms with Crippen LogP contribution in [0.1, 0.15) is 31.3 Å². The summed E-state index contributed by atoms with van der Waals surface area (Å²) in [4.78, 5) is 4.95. The van der Waals surface area contributed by atoms with Gasteiger partial charge in [0.15, 0.2) is 5.82 Å². The number of hydrogen-bond donors (Lipinski definition) is 0. The molecule has 1 aromatic heterocycles. The predicted octanol–water partition coefficient (Wildman–Crippen LogP) is 2.23. The van der Waals surface area contributed by atoms with Gasteiger partial charge < -0.3 is 4.74 Å². The fourth-order valence-corrected chi connectivity index (χ4v) is 3.73. The molecule has 2 aromatic rings. The van der Waals surface area contributed by atoms with E-state index in [2.05, 4.69) is 57.9 Å². The number of ether oxygens (including phenoxy) is 1. The quantitative estimate of drug-likeness (QED) is 0.664. The molecule has 0 spiro atoms. The SMILES string of the molecule is C=CCN1CCN(C(c2nnnn2Cc2ccc(OC)cc2)C(C)C)CC1. The average Bonchev–Trinajstić information content (AvgIpc) is 3.11. The summed E-state index contributed by atoms with van der Waals surface area (Å²) in [6, 6.07) is 8.27. The topological polar surface area (TPSA) is 59.3 Å². The number of nitrogens with zero attached hydrogens (tertiary/aromatic N) is 6. The third kappa shape index (κ3) is 4.73. The molecule has 0 amide bonds. The second kappa shape index (κ2) is 9.10. The fraction of sp³-hybridized carbons (Fsp3) is 0.550. The first-order chi connectivity index (χ1) is 13.1. The summed E-state index contributed by atoms with van der Waals surface area (Å²) >= 11 is 0. The first kappa shape index (κ1) is 19.5. The maximum atomic E-state index is 5.24. The molecule has 0 bridgehead atoms. The molecule has 3 rings (SSSR count). The van der Waals surface area contributed by atoms with Gasteiger partial charge in [0, 0.05) is 32.7 Å². The summed E-state index contributed by atoms with van der Waals surface area (Å²) in [6.07, 6.45) is 1.98. The van der Waals surface area contributed by atoms with Gasteiger partial charge >= 0.3 is 0 Å². The second-order valence-corrected chi connectivity index (χ2v) is 7.36. The van der Waals surface area contributed by atoms with E-state index in [1.54, 1.807) is 7.11 Å². The maximum Gasteiger partial charge on any atom is 0.169 e. The minimum atomic E-state index is 0.212. The molecule has 1 fully saturated rings. The number of rotatable bonds is 8. The summed E-state index contributed by atoms with van der Waals surface area (Å²) in [5, 5.41) is 12.7. The van der Waals surface area contributed by atoms with Crippen molar-refractivity contribution < 1.29 is 4.74 Å². The maximum absolute atomic E-state index is 5.24. The van der Waals surface area contributed by atoms with Gasteiger partial charge in [-0.2, -0.15) is 0 Å². The molecule has 1 unspecified atom stereocenters. The Balaban J connectivity index is 1.75. The predicted molar refractivity (Wildman–Crippen MR) is 106 cm³/mol. The van der Waals surface area contributed by atoms with Crippen molar-refractivity contribution in [2.45, 2.75) is 26.4 Å². The monoisotopic (exact) mass is 370 g/mol. The molecule has 7 nitrogen and oxygen atoms in total. The number of aromatic nitrogens is 4. The summed E-state index contributed by atoms with van der Waals surface area (Å²) < 4.78 is 7.17. The van der Waals surface area contributed by atoms with Crippen LogP contribution in [0.3, 0.4) is 0 Å². The highest BCUT2D eigenvalue weighted by atomic mass is 16.5. The van der Waals surface area contributed by atoms with Crippen LogP contribution in [0.15, 0.2) is 36.9 Å². The van der Waals surface area contributed by atoms with Gasteiger partial charge in [0.1, 0.15) is 5.75 Å². The lowest BCUT2D eigenvalue weighted by Crippen LogP contribution is -2.49. The molecule has 1 aliphatic heterocycles. The highest BCUT2D eigenvalue weighted by molar-refractivity contribution is 5.27. The van der Waals surface area contributed by atoms with E-state index >= 15 is 0 Å². The molecule has 1 saturated heterocycles. The smallest absolute Gasteiger partial charge is 0.169 e. The summed E-state index contributed by atoms with van der Waals surface area (Å²) in [5.74, 6) is 2.22. The third-order valence-corrected chi connectivity index (χ3v) is 5.13. The third-order valence-electron chi connectivity index (χ3n) is 5.13. The number of piperazine rings is 1. The van der Waals surface area contributed by atoms with Crippen molar-refractivity contribution in [3.63, 3.8) is 0 Å². The van der Waals surface area contributed by atoms with Crippen LogP contribution in [0.4, 0.5) is 0 Å². The largest absolute Gasteiger partial charge is 0.497 e. The standard InChI is InChI=1S/C20H30N6O/c1-5-10-24-11-13-25(14-12-24)19(16(2)3)20-21-22-23-26(20)15-17-6-8-18(27-4)9-7-17/h5-9,16,19H,1,10-15H2,2-4H3. The first-order valence-electron chi connectivity index (χ1n) is 9.58. The Kier molecular flexibility index (Phi) is 6.58.